The monoisotopic (exact) mass is 468 g/mol. The fourth-order valence-corrected chi connectivity index (χ4v) is 4.63. The minimum absolute atomic E-state index is 0.0438. The number of halogens is 3. The van der Waals surface area contributed by atoms with Crippen molar-refractivity contribution in [2.75, 3.05) is 16.2 Å². The van der Waals surface area contributed by atoms with E-state index >= 15 is 0 Å². The molecule has 0 atom stereocenters. The number of benzene rings is 3. The number of carbonyl (C=O) groups is 1. The Morgan fingerprint density at radius 1 is 0.828 bits per heavy atom. The van der Waals surface area contributed by atoms with E-state index in [2.05, 4.69) is 5.32 Å². The summed E-state index contributed by atoms with van der Waals surface area (Å²) in [4.78, 5) is 12.7. The highest BCUT2D eigenvalue weighted by atomic mass is 35.5. The van der Waals surface area contributed by atoms with Crippen LogP contribution in [0, 0.1) is 0 Å². The third-order valence-electron chi connectivity index (χ3n) is 3.94. The Morgan fingerprint density at radius 2 is 1.48 bits per heavy atom. The van der Waals surface area contributed by atoms with Crippen LogP contribution in [-0.4, -0.2) is 20.9 Å². The van der Waals surface area contributed by atoms with Gasteiger partial charge in [0, 0.05) is 5.69 Å². The molecule has 0 fully saturated rings. The lowest BCUT2D eigenvalue weighted by atomic mass is 10.3. The van der Waals surface area contributed by atoms with Gasteiger partial charge in [-0.05, 0) is 42.5 Å². The number of para-hydroxylation sites is 1. The molecule has 0 bridgehead atoms. The van der Waals surface area contributed by atoms with Gasteiger partial charge in [-0.25, -0.2) is 8.42 Å². The molecule has 1 amide bonds. The van der Waals surface area contributed by atoms with Crippen molar-refractivity contribution in [1.29, 1.82) is 0 Å². The van der Waals surface area contributed by atoms with Crippen molar-refractivity contribution in [2.45, 2.75) is 4.90 Å². The van der Waals surface area contributed by atoms with Gasteiger partial charge in [-0.3, -0.25) is 9.10 Å². The van der Waals surface area contributed by atoms with Gasteiger partial charge in [0.2, 0.25) is 5.91 Å². The molecule has 0 aliphatic heterocycles. The van der Waals surface area contributed by atoms with E-state index in [0.29, 0.717) is 10.7 Å². The van der Waals surface area contributed by atoms with Crippen LogP contribution in [0.15, 0.2) is 77.7 Å². The summed E-state index contributed by atoms with van der Waals surface area (Å²) in [5.41, 5.74) is 0.586. The summed E-state index contributed by atoms with van der Waals surface area (Å²) in [5.74, 6) is -0.567. The van der Waals surface area contributed by atoms with Crippen molar-refractivity contribution in [2.24, 2.45) is 0 Å². The van der Waals surface area contributed by atoms with Crippen molar-refractivity contribution in [3.63, 3.8) is 0 Å². The first-order valence-corrected chi connectivity index (χ1v) is 10.9. The summed E-state index contributed by atoms with van der Waals surface area (Å²) in [6.45, 7) is -0.485. The van der Waals surface area contributed by atoms with E-state index in [9.17, 15) is 13.2 Å². The number of nitrogens with zero attached hydrogens (tertiary/aromatic N) is 1. The first kappa shape index (κ1) is 21.5. The molecule has 3 aromatic rings. The standard InChI is InChI=1S/C20H15Cl3N2O3S/c21-16-11-10-14(12-18(16)23)24-20(26)13-25(19-9-5-4-8-17(19)22)29(27,28)15-6-2-1-3-7-15/h1-12H,13H2,(H,24,26). The zero-order valence-electron chi connectivity index (χ0n) is 14.8. The summed E-state index contributed by atoms with van der Waals surface area (Å²) >= 11 is 18.1. The van der Waals surface area contributed by atoms with E-state index in [1.54, 1.807) is 42.5 Å². The average molecular weight is 470 g/mol. The first-order valence-electron chi connectivity index (χ1n) is 8.36. The van der Waals surface area contributed by atoms with E-state index in [-0.39, 0.29) is 20.6 Å². The minimum atomic E-state index is -4.04. The minimum Gasteiger partial charge on any atom is -0.324 e. The van der Waals surface area contributed by atoms with E-state index < -0.39 is 22.5 Å². The zero-order valence-corrected chi connectivity index (χ0v) is 17.9. The van der Waals surface area contributed by atoms with Crippen LogP contribution in [0.4, 0.5) is 11.4 Å². The maximum atomic E-state index is 13.2. The number of nitrogens with one attached hydrogen (secondary N) is 1. The van der Waals surface area contributed by atoms with Crippen molar-refractivity contribution >= 4 is 62.1 Å². The van der Waals surface area contributed by atoms with Crippen LogP contribution in [0.5, 0.6) is 0 Å². The highest BCUT2D eigenvalue weighted by Crippen LogP contribution is 2.30. The number of amides is 1. The molecule has 0 aliphatic carbocycles. The fourth-order valence-electron chi connectivity index (χ4n) is 2.58. The number of anilines is 2. The molecule has 0 unspecified atom stereocenters. The van der Waals surface area contributed by atoms with Crippen LogP contribution < -0.4 is 9.62 Å². The SMILES string of the molecule is O=C(CN(c1ccccc1Cl)S(=O)(=O)c1ccccc1)Nc1ccc(Cl)c(Cl)c1. The topological polar surface area (TPSA) is 66.5 Å². The van der Waals surface area contributed by atoms with Crippen molar-refractivity contribution < 1.29 is 13.2 Å². The lowest BCUT2D eigenvalue weighted by Crippen LogP contribution is -2.38. The predicted molar refractivity (Wildman–Crippen MR) is 118 cm³/mol. The smallest absolute Gasteiger partial charge is 0.264 e. The largest absolute Gasteiger partial charge is 0.324 e. The molecular formula is C20H15Cl3N2O3S. The third kappa shape index (κ3) is 5.03. The molecule has 5 nitrogen and oxygen atoms in total. The molecule has 9 heteroatoms. The van der Waals surface area contributed by atoms with Crippen LogP contribution >= 0.6 is 34.8 Å². The normalized spacial score (nSPS) is 11.1. The second-order valence-electron chi connectivity index (χ2n) is 5.95. The molecule has 0 saturated heterocycles. The molecule has 0 aromatic heterocycles. The fraction of sp³-hybridized carbons (Fsp3) is 0.0500. The molecule has 0 saturated carbocycles. The number of sulfonamides is 1. The Bertz CT molecular complexity index is 1140. The van der Waals surface area contributed by atoms with Crippen molar-refractivity contribution in [3.05, 3.63) is 87.9 Å². The molecule has 150 valence electrons. The Balaban J connectivity index is 1.94. The second kappa shape index (κ2) is 9.05. The van der Waals surface area contributed by atoms with E-state index in [1.807, 2.05) is 0 Å². The van der Waals surface area contributed by atoms with Gasteiger partial charge in [-0.2, -0.15) is 0 Å². The molecule has 0 radical (unpaired) electrons. The van der Waals surface area contributed by atoms with Crippen LogP contribution in [0.25, 0.3) is 0 Å². The Kier molecular flexibility index (Phi) is 6.70. The molecular weight excluding hydrogens is 455 g/mol. The van der Waals surface area contributed by atoms with Crippen LogP contribution in [0.2, 0.25) is 15.1 Å². The lowest BCUT2D eigenvalue weighted by Gasteiger charge is -2.25. The molecule has 3 rings (SSSR count). The Labute approximate surface area is 183 Å². The number of hydrogen-bond donors (Lipinski definition) is 1. The van der Waals surface area contributed by atoms with Crippen molar-refractivity contribution in [1.82, 2.24) is 0 Å². The van der Waals surface area contributed by atoms with Gasteiger partial charge >= 0.3 is 0 Å². The van der Waals surface area contributed by atoms with Gasteiger partial charge in [0.1, 0.15) is 6.54 Å². The first-order chi connectivity index (χ1) is 13.8. The van der Waals surface area contributed by atoms with Gasteiger partial charge in [0.05, 0.1) is 25.7 Å². The van der Waals surface area contributed by atoms with Crippen molar-refractivity contribution in [3.8, 4) is 0 Å². The molecule has 3 aromatic carbocycles. The predicted octanol–water partition coefficient (Wildman–Crippen LogP) is 5.48. The highest BCUT2D eigenvalue weighted by molar-refractivity contribution is 7.92. The number of rotatable bonds is 6. The van der Waals surface area contributed by atoms with Gasteiger partial charge in [0.15, 0.2) is 0 Å². The zero-order chi connectivity index (χ0) is 21.0. The molecule has 1 N–H and O–H groups in total. The van der Waals surface area contributed by atoms with Gasteiger partial charge in [-0.1, -0.05) is 65.1 Å². The van der Waals surface area contributed by atoms with E-state index in [0.717, 1.165) is 4.31 Å². The maximum Gasteiger partial charge on any atom is 0.264 e. The number of carbonyl (C=O) groups excluding carboxylic acids is 1. The quantitative estimate of drug-likeness (QED) is 0.520. The number of hydrogen-bond acceptors (Lipinski definition) is 3. The summed E-state index contributed by atoms with van der Waals surface area (Å²) in [6.07, 6.45) is 0. The summed E-state index contributed by atoms with van der Waals surface area (Å²) in [6, 6.07) is 18.8. The molecule has 0 aliphatic rings. The summed E-state index contributed by atoms with van der Waals surface area (Å²) in [7, 11) is -4.04. The third-order valence-corrected chi connectivity index (χ3v) is 6.78. The molecule has 0 heterocycles. The highest BCUT2D eigenvalue weighted by Gasteiger charge is 2.28. The lowest BCUT2D eigenvalue weighted by molar-refractivity contribution is -0.114. The molecule has 29 heavy (non-hydrogen) atoms. The van der Waals surface area contributed by atoms with Crippen LogP contribution in [0.3, 0.4) is 0 Å². The van der Waals surface area contributed by atoms with Gasteiger partial charge in [-0.15, -0.1) is 0 Å². The van der Waals surface area contributed by atoms with Crippen LogP contribution in [-0.2, 0) is 14.8 Å². The van der Waals surface area contributed by atoms with Gasteiger partial charge < -0.3 is 5.32 Å². The van der Waals surface area contributed by atoms with Crippen LogP contribution in [0.1, 0.15) is 0 Å². The molecule has 0 spiro atoms. The summed E-state index contributed by atoms with van der Waals surface area (Å²) in [5, 5.41) is 3.43. The Morgan fingerprint density at radius 3 is 2.14 bits per heavy atom. The second-order valence-corrected chi connectivity index (χ2v) is 9.04. The van der Waals surface area contributed by atoms with Gasteiger partial charge in [0.25, 0.3) is 10.0 Å². The van der Waals surface area contributed by atoms with E-state index in [1.165, 1.54) is 30.3 Å². The maximum absolute atomic E-state index is 13.2. The summed E-state index contributed by atoms with van der Waals surface area (Å²) < 4.78 is 27.4. The average Bonchev–Trinajstić information content (AvgIpc) is 2.70. The van der Waals surface area contributed by atoms with E-state index in [4.69, 9.17) is 34.8 Å². The Hall–Kier alpha value is -2.25.